The minimum absolute atomic E-state index is 0.0212. The molecule has 1 aromatic carbocycles. The summed E-state index contributed by atoms with van der Waals surface area (Å²) in [6.45, 7) is 11.1. The number of aliphatic hydroxyl groups excluding tert-OH is 1. The number of aromatic nitrogens is 1. The second kappa shape index (κ2) is 6.27. The van der Waals surface area contributed by atoms with Gasteiger partial charge in [0.1, 0.15) is 13.2 Å². The minimum Gasteiger partial charge on any atom is -0.485 e. The topological polar surface area (TPSA) is 60.7 Å². The largest absolute Gasteiger partial charge is 0.485 e. The van der Waals surface area contributed by atoms with Crippen molar-refractivity contribution < 1.29 is 14.6 Å². The first-order valence-corrected chi connectivity index (χ1v) is 9.23. The molecule has 2 aliphatic rings. The zero-order chi connectivity index (χ0) is 19.3. The van der Waals surface area contributed by atoms with E-state index in [1.54, 1.807) is 12.3 Å². The molecule has 5 heteroatoms. The average Bonchev–Trinajstić information content (AvgIpc) is 2.79. The maximum atomic E-state index is 12.4. The number of hydrogen-bond acceptors (Lipinski definition) is 4. The Kier molecular flexibility index (Phi) is 4.15. The van der Waals surface area contributed by atoms with Crippen molar-refractivity contribution in [3.63, 3.8) is 0 Å². The Balaban J connectivity index is 1.94. The molecule has 27 heavy (non-hydrogen) atoms. The highest BCUT2D eigenvalue weighted by molar-refractivity contribution is 5.71. The quantitative estimate of drug-likeness (QED) is 0.784. The lowest BCUT2D eigenvalue weighted by atomic mass is 9.78. The summed E-state index contributed by atoms with van der Waals surface area (Å²) in [6.07, 6.45) is 2.62. The molecular weight excluding hydrogens is 342 g/mol. The van der Waals surface area contributed by atoms with E-state index in [0.29, 0.717) is 24.5 Å². The number of benzene rings is 1. The molecule has 1 N–H and O–H groups in total. The lowest BCUT2D eigenvalue weighted by Gasteiger charge is -2.39. The maximum absolute atomic E-state index is 12.4. The van der Waals surface area contributed by atoms with Gasteiger partial charge in [0.25, 0.3) is 0 Å². The smallest absolute Gasteiger partial charge is 0.187 e. The van der Waals surface area contributed by atoms with Crippen molar-refractivity contribution in [3.8, 4) is 22.8 Å². The summed E-state index contributed by atoms with van der Waals surface area (Å²) in [4.78, 5) is 12.4. The van der Waals surface area contributed by atoms with Crippen LogP contribution in [0.15, 0.2) is 41.3 Å². The van der Waals surface area contributed by atoms with E-state index >= 15 is 0 Å². The predicted molar refractivity (Wildman–Crippen MR) is 104 cm³/mol. The Labute approximate surface area is 158 Å². The standard InChI is InChI=1S/C22H25NO4/c1-13-11-26-19-5-14-6-21(22(2,3)4)23-9-15(10-24)18(25)8-17(23)16(14)7-20(19)27-12-13/h5,7-9,21,24H,1,6,10-12H2,2-4H3. The second-order valence-corrected chi connectivity index (χ2v) is 8.48. The maximum Gasteiger partial charge on any atom is 0.187 e. The number of pyridine rings is 1. The fourth-order valence-corrected chi connectivity index (χ4v) is 3.85. The van der Waals surface area contributed by atoms with Crippen LogP contribution in [0.1, 0.15) is 37.9 Å². The van der Waals surface area contributed by atoms with Crippen molar-refractivity contribution in [1.29, 1.82) is 0 Å². The molecule has 0 saturated carbocycles. The van der Waals surface area contributed by atoms with Gasteiger partial charge in [0.2, 0.25) is 0 Å². The third-order valence-corrected chi connectivity index (χ3v) is 5.39. The van der Waals surface area contributed by atoms with E-state index < -0.39 is 0 Å². The number of ether oxygens (including phenoxy) is 2. The number of hydrogen-bond donors (Lipinski definition) is 1. The SMILES string of the molecule is C=C1COc2cc3c(cc2OC1)-c1cc(=O)c(CO)cn1C(C(C)(C)C)C3. The van der Waals surface area contributed by atoms with Gasteiger partial charge in [-0.2, -0.15) is 0 Å². The fourth-order valence-electron chi connectivity index (χ4n) is 3.85. The lowest BCUT2D eigenvalue weighted by molar-refractivity contribution is 0.233. The normalized spacial score (nSPS) is 18.5. The molecule has 142 valence electrons. The van der Waals surface area contributed by atoms with Gasteiger partial charge in [-0.1, -0.05) is 27.4 Å². The van der Waals surface area contributed by atoms with Gasteiger partial charge in [-0.05, 0) is 35.1 Å². The highest BCUT2D eigenvalue weighted by Gasteiger charge is 2.34. The van der Waals surface area contributed by atoms with Crippen LogP contribution >= 0.6 is 0 Å². The summed E-state index contributed by atoms with van der Waals surface area (Å²) < 4.78 is 13.9. The van der Waals surface area contributed by atoms with E-state index in [2.05, 4.69) is 31.9 Å². The van der Waals surface area contributed by atoms with Crippen LogP contribution in [0.4, 0.5) is 0 Å². The average molecular weight is 367 g/mol. The van der Waals surface area contributed by atoms with Crippen LogP contribution in [0.5, 0.6) is 11.5 Å². The van der Waals surface area contributed by atoms with Crippen LogP contribution in [-0.4, -0.2) is 22.9 Å². The Morgan fingerprint density at radius 2 is 1.85 bits per heavy atom. The summed E-state index contributed by atoms with van der Waals surface area (Å²) in [7, 11) is 0. The van der Waals surface area contributed by atoms with Crippen molar-refractivity contribution in [3.05, 3.63) is 57.9 Å². The van der Waals surface area contributed by atoms with Crippen LogP contribution in [0.3, 0.4) is 0 Å². The van der Waals surface area contributed by atoms with Crippen molar-refractivity contribution >= 4 is 0 Å². The van der Waals surface area contributed by atoms with E-state index in [4.69, 9.17) is 9.47 Å². The van der Waals surface area contributed by atoms with Gasteiger partial charge in [0.05, 0.1) is 12.3 Å². The Morgan fingerprint density at radius 1 is 1.19 bits per heavy atom. The van der Waals surface area contributed by atoms with Crippen molar-refractivity contribution in [2.45, 2.75) is 39.8 Å². The summed E-state index contributed by atoms with van der Waals surface area (Å²) >= 11 is 0. The molecule has 0 saturated heterocycles. The third-order valence-electron chi connectivity index (χ3n) is 5.39. The van der Waals surface area contributed by atoms with Crippen LogP contribution < -0.4 is 14.9 Å². The summed E-state index contributed by atoms with van der Waals surface area (Å²) in [5, 5.41) is 9.56. The molecule has 1 unspecified atom stereocenters. The first-order valence-electron chi connectivity index (χ1n) is 9.23. The molecule has 0 aliphatic carbocycles. The molecule has 0 spiro atoms. The highest BCUT2D eigenvalue weighted by atomic mass is 16.5. The molecule has 2 aliphatic heterocycles. The van der Waals surface area contributed by atoms with Gasteiger partial charge in [0, 0.05) is 29.4 Å². The van der Waals surface area contributed by atoms with Gasteiger partial charge in [-0.3, -0.25) is 4.79 Å². The van der Waals surface area contributed by atoms with E-state index in [9.17, 15) is 9.90 Å². The predicted octanol–water partition coefficient (Wildman–Crippen LogP) is 3.48. The molecule has 0 bridgehead atoms. The monoisotopic (exact) mass is 367 g/mol. The number of aliphatic hydroxyl groups is 1. The molecule has 0 radical (unpaired) electrons. The molecular formula is C22H25NO4. The van der Waals surface area contributed by atoms with Gasteiger partial charge in [0.15, 0.2) is 16.9 Å². The van der Waals surface area contributed by atoms with Crippen LogP contribution in [0, 0.1) is 5.41 Å². The van der Waals surface area contributed by atoms with E-state index in [1.807, 2.05) is 12.1 Å². The highest BCUT2D eigenvalue weighted by Crippen LogP contribution is 2.46. The zero-order valence-electron chi connectivity index (χ0n) is 16.0. The Hall–Kier alpha value is -2.53. The molecule has 3 heterocycles. The zero-order valence-corrected chi connectivity index (χ0v) is 16.0. The fraction of sp³-hybridized carbons (Fsp3) is 0.409. The molecule has 5 nitrogen and oxygen atoms in total. The molecule has 1 aromatic heterocycles. The molecule has 0 amide bonds. The van der Waals surface area contributed by atoms with Gasteiger partial charge >= 0.3 is 0 Å². The van der Waals surface area contributed by atoms with E-state index in [-0.39, 0.29) is 23.5 Å². The van der Waals surface area contributed by atoms with Crippen molar-refractivity contribution in [1.82, 2.24) is 4.57 Å². The second-order valence-electron chi connectivity index (χ2n) is 8.48. The first-order chi connectivity index (χ1) is 12.8. The van der Waals surface area contributed by atoms with Gasteiger partial charge < -0.3 is 19.1 Å². The summed E-state index contributed by atoms with van der Waals surface area (Å²) in [5.74, 6) is 1.40. The van der Waals surface area contributed by atoms with Crippen molar-refractivity contribution in [2.75, 3.05) is 13.2 Å². The minimum atomic E-state index is -0.258. The van der Waals surface area contributed by atoms with E-state index in [0.717, 1.165) is 34.6 Å². The molecule has 0 fully saturated rings. The first kappa shape index (κ1) is 17.9. The number of fused-ring (bicyclic) bond motifs is 4. The van der Waals surface area contributed by atoms with Gasteiger partial charge in [-0.15, -0.1) is 0 Å². The lowest BCUT2D eigenvalue weighted by Crippen LogP contribution is -2.32. The number of rotatable bonds is 1. The summed E-state index contributed by atoms with van der Waals surface area (Å²) in [6, 6.07) is 5.79. The third kappa shape index (κ3) is 3.06. The Bertz CT molecular complexity index is 981. The van der Waals surface area contributed by atoms with Gasteiger partial charge in [-0.25, -0.2) is 0 Å². The number of nitrogens with zero attached hydrogens (tertiary/aromatic N) is 1. The molecule has 2 aromatic rings. The van der Waals surface area contributed by atoms with Crippen LogP contribution in [0.25, 0.3) is 11.3 Å². The van der Waals surface area contributed by atoms with E-state index in [1.165, 1.54) is 0 Å². The van der Waals surface area contributed by atoms with Crippen LogP contribution in [-0.2, 0) is 13.0 Å². The molecule has 1 atom stereocenters. The Morgan fingerprint density at radius 3 is 2.48 bits per heavy atom. The summed E-state index contributed by atoms with van der Waals surface area (Å²) in [5.41, 5.74) is 4.11. The van der Waals surface area contributed by atoms with Crippen molar-refractivity contribution in [2.24, 2.45) is 5.41 Å². The van der Waals surface area contributed by atoms with Crippen LogP contribution in [0.2, 0.25) is 0 Å². The molecule has 4 rings (SSSR count).